The number of hydrogen-bond acceptors (Lipinski definition) is 4. The second-order valence-corrected chi connectivity index (χ2v) is 11.0. The van der Waals surface area contributed by atoms with Gasteiger partial charge in [0.1, 0.15) is 5.54 Å². The Balaban J connectivity index is 1.56. The molecular formula is C26H22ClN3O5S. The smallest absolute Gasteiger partial charge is 0.325 e. The normalized spacial score (nSPS) is 19.3. The first-order valence-electron chi connectivity index (χ1n) is 11.2. The van der Waals surface area contributed by atoms with Crippen LogP contribution in [0.3, 0.4) is 0 Å². The van der Waals surface area contributed by atoms with E-state index in [2.05, 4.69) is 10.2 Å². The quantitative estimate of drug-likeness (QED) is 0.319. The summed E-state index contributed by atoms with van der Waals surface area (Å²) in [6, 6.07) is 23.6. The van der Waals surface area contributed by atoms with Crippen molar-refractivity contribution >= 4 is 27.6 Å². The predicted octanol–water partition coefficient (Wildman–Crippen LogP) is 4.23. The van der Waals surface area contributed by atoms with Crippen LogP contribution in [-0.2, 0) is 21.4 Å². The third-order valence-corrected chi connectivity index (χ3v) is 8.69. The average molecular weight is 524 g/mol. The van der Waals surface area contributed by atoms with Gasteiger partial charge < -0.3 is 10.2 Å². The lowest BCUT2D eigenvalue weighted by molar-refractivity contribution is -0.143. The maximum absolute atomic E-state index is 13.9. The molecule has 1 aromatic heterocycles. The second-order valence-electron chi connectivity index (χ2n) is 8.72. The molecule has 2 atom stereocenters. The van der Waals surface area contributed by atoms with Crippen LogP contribution in [0.25, 0.3) is 11.1 Å². The van der Waals surface area contributed by atoms with Crippen LogP contribution in [0.15, 0.2) is 94.6 Å². The van der Waals surface area contributed by atoms with Crippen LogP contribution in [0, 0.1) is 0 Å². The van der Waals surface area contributed by atoms with Crippen molar-refractivity contribution in [1.29, 1.82) is 0 Å². The minimum Gasteiger partial charge on any atom is -0.480 e. The summed E-state index contributed by atoms with van der Waals surface area (Å²) in [5.41, 5.74) is 0.520. The number of nitrogens with one attached hydrogen (secondary N) is 2. The maximum atomic E-state index is 13.9. The molecule has 1 saturated carbocycles. The zero-order valence-corrected chi connectivity index (χ0v) is 20.5. The molecule has 10 heteroatoms. The highest BCUT2D eigenvalue weighted by atomic mass is 35.5. The monoisotopic (exact) mass is 523 g/mol. The fourth-order valence-electron chi connectivity index (χ4n) is 4.59. The number of rotatable bonds is 8. The van der Waals surface area contributed by atoms with E-state index in [-0.39, 0.29) is 23.6 Å². The van der Waals surface area contributed by atoms with Gasteiger partial charge in [-0.2, -0.15) is 4.31 Å². The number of carboxylic acid groups (broad SMARTS) is 1. The van der Waals surface area contributed by atoms with Crippen LogP contribution in [-0.4, -0.2) is 39.5 Å². The lowest BCUT2D eigenvalue weighted by atomic mass is 10.1. The van der Waals surface area contributed by atoms with Crippen molar-refractivity contribution < 1.29 is 18.3 Å². The molecule has 2 unspecified atom stereocenters. The average Bonchev–Trinajstić information content (AvgIpc) is 3.50. The van der Waals surface area contributed by atoms with Crippen molar-refractivity contribution in [3.05, 3.63) is 112 Å². The number of nitrogens with zero attached hydrogens (tertiary/aromatic N) is 1. The van der Waals surface area contributed by atoms with E-state index in [1.165, 1.54) is 18.2 Å². The molecule has 3 aromatic carbocycles. The molecule has 0 aliphatic heterocycles. The Morgan fingerprint density at radius 2 is 1.58 bits per heavy atom. The van der Waals surface area contributed by atoms with Gasteiger partial charge in [0.15, 0.2) is 0 Å². The molecule has 0 saturated heterocycles. The molecule has 184 valence electrons. The summed E-state index contributed by atoms with van der Waals surface area (Å²) in [6.07, 6.45) is 0.114. The first kappa shape index (κ1) is 24.1. The van der Waals surface area contributed by atoms with Crippen LogP contribution in [0.5, 0.6) is 0 Å². The zero-order chi connectivity index (χ0) is 25.5. The van der Waals surface area contributed by atoms with Crippen molar-refractivity contribution in [2.24, 2.45) is 0 Å². The summed E-state index contributed by atoms with van der Waals surface area (Å²) >= 11 is 5.96. The molecule has 5 rings (SSSR count). The molecule has 0 bridgehead atoms. The number of halogens is 1. The number of carbonyl (C=O) groups is 1. The summed E-state index contributed by atoms with van der Waals surface area (Å²) in [5, 5.41) is 15.9. The standard InChI is InChI=1S/C26H22ClN3O5S/c27-20-10-6-17(7-11-20)18-8-12-22(13-9-18)36(34,35)30(16-21-14-24(31)29-28-21)26(25(32)33)15-23(26)19-4-2-1-3-5-19/h1-14,23H,15-16H2,(H,32,33)(H2,28,29,31). The highest BCUT2D eigenvalue weighted by molar-refractivity contribution is 7.89. The van der Waals surface area contributed by atoms with E-state index in [1.807, 2.05) is 18.2 Å². The van der Waals surface area contributed by atoms with E-state index >= 15 is 0 Å². The van der Waals surface area contributed by atoms with Crippen molar-refractivity contribution in [3.8, 4) is 11.1 Å². The molecule has 4 aromatic rings. The fourth-order valence-corrected chi connectivity index (χ4v) is 6.47. The molecule has 1 aliphatic rings. The van der Waals surface area contributed by atoms with E-state index in [9.17, 15) is 23.1 Å². The maximum Gasteiger partial charge on any atom is 0.325 e. The minimum absolute atomic E-state index is 0.0440. The Kier molecular flexibility index (Phi) is 6.07. The molecular weight excluding hydrogens is 502 g/mol. The summed E-state index contributed by atoms with van der Waals surface area (Å²) in [4.78, 5) is 24.3. The number of sulfonamides is 1. The highest BCUT2D eigenvalue weighted by Crippen LogP contribution is 2.57. The molecule has 0 amide bonds. The Labute approximate surface area is 212 Å². The van der Waals surface area contributed by atoms with Gasteiger partial charge in [0, 0.05) is 17.0 Å². The van der Waals surface area contributed by atoms with Gasteiger partial charge in [-0.1, -0.05) is 66.2 Å². The first-order valence-corrected chi connectivity index (χ1v) is 13.0. The highest BCUT2D eigenvalue weighted by Gasteiger charge is 2.68. The molecule has 8 nitrogen and oxygen atoms in total. The number of benzene rings is 3. The zero-order valence-electron chi connectivity index (χ0n) is 18.9. The third-order valence-electron chi connectivity index (χ3n) is 6.53. The summed E-state index contributed by atoms with van der Waals surface area (Å²) < 4.78 is 28.9. The van der Waals surface area contributed by atoms with Crippen LogP contribution in [0.1, 0.15) is 23.6 Å². The number of hydrogen-bond donors (Lipinski definition) is 3. The van der Waals surface area contributed by atoms with E-state index in [1.54, 1.807) is 48.5 Å². The molecule has 0 radical (unpaired) electrons. The Bertz CT molecular complexity index is 1560. The summed E-state index contributed by atoms with van der Waals surface area (Å²) in [5.74, 6) is -1.78. The Hall–Kier alpha value is -3.66. The van der Waals surface area contributed by atoms with Crippen LogP contribution in [0.2, 0.25) is 5.02 Å². The van der Waals surface area contributed by atoms with E-state index < -0.39 is 33.0 Å². The Morgan fingerprint density at radius 1 is 0.972 bits per heavy atom. The molecule has 1 heterocycles. The van der Waals surface area contributed by atoms with E-state index in [4.69, 9.17) is 11.6 Å². The molecule has 3 N–H and O–H groups in total. The first-order chi connectivity index (χ1) is 17.2. The number of aromatic amines is 2. The predicted molar refractivity (Wildman–Crippen MR) is 135 cm³/mol. The van der Waals surface area contributed by atoms with Gasteiger partial charge in [-0.25, -0.2) is 8.42 Å². The van der Waals surface area contributed by atoms with E-state index in [0.29, 0.717) is 5.02 Å². The number of aromatic nitrogens is 2. The topological polar surface area (TPSA) is 123 Å². The molecule has 1 aliphatic carbocycles. The van der Waals surface area contributed by atoms with Crippen molar-refractivity contribution in [2.75, 3.05) is 0 Å². The largest absolute Gasteiger partial charge is 0.480 e. The Morgan fingerprint density at radius 3 is 2.14 bits per heavy atom. The number of carboxylic acids is 1. The fraction of sp³-hybridized carbons (Fsp3) is 0.154. The minimum atomic E-state index is -4.28. The van der Waals surface area contributed by atoms with Crippen LogP contribution >= 0.6 is 11.6 Å². The molecule has 36 heavy (non-hydrogen) atoms. The van der Waals surface area contributed by atoms with Gasteiger partial charge in [-0.05, 0) is 47.4 Å². The van der Waals surface area contributed by atoms with Crippen LogP contribution < -0.4 is 5.56 Å². The molecule has 1 fully saturated rings. The van der Waals surface area contributed by atoms with Crippen LogP contribution in [0.4, 0.5) is 0 Å². The van der Waals surface area contributed by atoms with Crippen molar-refractivity contribution in [2.45, 2.75) is 29.3 Å². The van der Waals surface area contributed by atoms with Gasteiger partial charge in [-0.15, -0.1) is 0 Å². The van der Waals surface area contributed by atoms with E-state index in [0.717, 1.165) is 21.0 Å². The van der Waals surface area contributed by atoms with Gasteiger partial charge in [0.25, 0.3) is 5.56 Å². The lowest BCUT2D eigenvalue weighted by Crippen LogP contribution is -2.48. The molecule has 0 spiro atoms. The SMILES string of the molecule is O=C(O)C1(N(Cc2cc(=O)[nH][nH]2)S(=O)(=O)c2ccc(-c3ccc(Cl)cc3)cc2)CC1c1ccccc1. The van der Waals surface area contributed by atoms with Gasteiger partial charge in [0.2, 0.25) is 10.0 Å². The number of H-pyrrole nitrogens is 2. The van der Waals surface area contributed by atoms with Crippen molar-refractivity contribution in [3.63, 3.8) is 0 Å². The third kappa shape index (κ3) is 4.26. The summed E-state index contributed by atoms with van der Waals surface area (Å²) in [6.45, 7) is -0.310. The lowest BCUT2D eigenvalue weighted by Gasteiger charge is -2.29. The van der Waals surface area contributed by atoms with Gasteiger partial charge in [0.05, 0.1) is 17.1 Å². The second kappa shape index (κ2) is 9.09. The van der Waals surface area contributed by atoms with Gasteiger partial charge in [-0.3, -0.25) is 14.7 Å². The van der Waals surface area contributed by atoms with Crippen molar-refractivity contribution in [1.82, 2.24) is 14.5 Å². The van der Waals surface area contributed by atoms with Gasteiger partial charge >= 0.3 is 5.97 Å². The summed E-state index contributed by atoms with van der Waals surface area (Å²) in [7, 11) is -4.28. The number of aliphatic carboxylic acids is 1.